The van der Waals surface area contributed by atoms with Crippen molar-refractivity contribution in [2.45, 2.75) is 50.9 Å². The Hall–Kier alpha value is -2.70. The summed E-state index contributed by atoms with van der Waals surface area (Å²) in [5.74, 6) is -1.27. The minimum atomic E-state index is -4.99. The summed E-state index contributed by atoms with van der Waals surface area (Å²) in [6.07, 6.45) is -11.7. The molecule has 220 valence electrons. The molecule has 5 nitrogen and oxygen atoms in total. The van der Waals surface area contributed by atoms with Crippen LogP contribution in [-0.4, -0.2) is 61.3 Å². The maximum absolute atomic E-state index is 13.7. The normalized spacial score (nSPS) is 23.9. The maximum atomic E-state index is 13.7. The molecule has 0 bridgehead atoms. The number of hydrogen-bond acceptors (Lipinski definition) is 4. The van der Waals surface area contributed by atoms with Crippen LogP contribution in [0.1, 0.15) is 54.5 Å². The number of alkyl halides is 6. The molecule has 2 saturated heterocycles. The van der Waals surface area contributed by atoms with Crippen molar-refractivity contribution in [1.29, 1.82) is 0 Å². The number of carbonyl (C=O) groups excluding carboxylic acids is 1. The molecule has 2 aliphatic heterocycles. The van der Waals surface area contributed by atoms with Gasteiger partial charge < -0.3 is 14.4 Å². The van der Waals surface area contributed by atoms with E-state index in [9.17, 15) is 35.5 Å². The summed E-state index contributed by atoms with van der Waals surface area (Å²) < 4.78 is 106. The summed E-state index contributed by atoms with van der Waals surface area (Å²) in [5, 5.41) is 0. The van der Waals surface area contributed by atoms with Crippen LogP contribution in [0.3, 0.4) is 0 Å². The fourth-order valence-corrected chi connectivity index (χ4v) is 5.28. The second-order valence-electron chi connectivity index (χ2n) is 10.2. The van der Waals surface area contributed by atoms with Crippen LogP contribution in [0.2, 0.25) is 0 Å². The Balaban J connectivity index is 1.62. The van der Waals surface area contributed by atoms with E-state index in [1.807, 2.05) is 11.8 Å². The lowest BCUT2D eigenvalue weighted by Crippen LogP contribution is -2.53. The fraction of sp³-hybridized carbons (Fsp3) is 0.536. The number of carbonyl (C=O) groups is 1. The van der Waals surface area contributed by atoms with E-state index in [-0.39, 0.29) is 36.6 Å². The summed E-state index contributed by atoms with van der Waals surface area (Å²) in [5.41, 5.74) is -2.55. The monoisotopic (exact) mass is 576 g/mol. The van der Waals surface area contributed by atoms with E-state index in [1.165, 1.54) is 19.1 Å². The average Bonchev–Trinajstić information content (AvgIpc) is 2.89. The standard InChI is InChI=1S/C28H31F7N2O3/c1-3-36-9-10-37(24(38)16-36)15-19-8-11-39-26(25(19)18-4-6-23(29)7-5-18)40-17(2)20-12-21(27(30,31)32)14-22(13-20)28(33,34)35/h4-7,12-14,17,19,25-26H,3,8-11,15-16H2,1-2H3/t17-,19+,25+,26-/m1/s1. The summed E-state index contributed by atoms with van der Waals surface area (Å²) in [6, 6.07) is 6.96. The third-order valence-corrected chi connectivity index (χ3v) is 7.54. The van der Waals surface area contributed by atoms with E-state index in [2.05, 4.69) is 0 Å². The predicted molar refractivity (Wildman–Crippen MR) is 132 cm³/mol. The van der Waals surface area contributed by atoms with Crippen LogP contribution in [0.5, 0.6) is 0 Å². The van der Waals surface area contributed by atoms with Crippen LogP contribution in [0.25, 0.3) is 0 Å². The van der Waals surface area contributed by atoms with Crippen LogP contribution >= 0.6 is 0 Å². The van der Waals surface area contributed by atoms with Crippen LogP contribution in [0.4, 0.5) is 30.7 Å². The summed E-state index contributed by atoms with van der Waals surface area (Å²) in [7, 11) is 0. The van der Waals surface area contributed by atoms with Crippen molar-refractivity contribution in [2.75, 3.05) is 39.3 Å². The number of benzene rings is 2. The Kier molecular flexibility index (Phi) is 9.11. The quantitative estimate of drug-likeness (QED) is 0.366. The number of piperazine rings is 1. The van der Waals surface area contributed by atoms with Crippen molar-refractivity contribution in [3.8, 4) is 0 Å². The molecule has 0 unspecified atom stereocenters. The zero-order valence-electron chi connectivity index (χ0n) is 22.1. The molecule has 0 radical (unpaired) electrons. The van der Waals surface area contributed by atoms with Crippen molar-refractivity contribution in [2.24, 2.45) is 5.92 Å². The largest absolute Gasteiger partial charge is 0.416 e. The third-order valence-electron chi connectivity index (χ3n) is 7.54. The molecular formula is C28H31F7N2O3. The van der Waals surface area contributed by atoms with Crippen molar-refractivity contribution >= 4 is 5.91 Å². The van der Waals surface area contributed by atoms with Gasteiger partial charge in [0.15, 0.2) is 6.29 Å². The molecule has 0 aromatic heterocycles. The Morgan fingerprint density at radius 2 is 1.62 bits per heavy atom. The number of rotatable bonds is 7. The van der Waals surface area contributed by atoms with E-state index in [1.54, 1.807) is 17.0 Å². The zero-order valence-corrected chi connectivity index (χ0v) is 22.1. The minimum absolute atomic E-state index is 0.0352. The number of amides is 1. The molecular weight excluding hydrogens is 545 g/mol. The van der Waals surface area contributed by atoms with Gasteiger partial charge in [0.2, 0.25) is 5.91 Å². The Bertz CT molecular complexity index is 1140. The molecule has 2 fully saturated rings. The topological polar surface area (TPSA) is 42.0 Å². The van der Waals surface area contributed by atoms with Gasteiger partial charge in [-0.25, -0.2) is 4.39 Å². The van der Waals surface area contributed by atoms with Gasteiger partial charge in [0.1, 0.15) is 5.82 Å². The summed E-state index contributed by atoms with van der Waals surface area (Å²) in [6.45, 7) is 6.16. The van der Waals surface area contributed by atoms with Crippen LogP contribution in [-0.2, 0) is 26.6 Å². The first-order valence-corrected chi connectivity index (χ1v) is 13.1. The van der Waals surface area contributed by atoms with E-state index in [4.69, 9.17) is 9.47 Å². The van der Waals surface area contributed by atoms with Crippen LogP contribution in [0, 0.1) is 11.7 Å². The van der Waals surface area contributed by atoms with Gasteiger partial charge in [0.05, 0.1) is 30.4 Å². The molecule has 12 heteroatoms. The lowest BCUT2D eigenvalue weighted by Gasteiger charge is -2.43. The van der Waals surface area contributed by atoms with Gasteiger partial charge in [-0.15, -0.1) is 0 Å². The molecule has 0 N–H and O–H groups in total. The highest BCUT2D eigenvalue weighted by Gasteiger charge is 2.41. The van der Waals surface area contributed by atoms with Gasteiger partial charge in [-0.1, -0.05) is 19.1 Å². The molecule has 0 aliphatic carbocycles. The number of ether oxygens (including phenoxy) is 2. The minimum Gasteiger partial charge on any atom is -0.352 e. The van der Waals surface area contributed by atoms with Gasteiger partial charge in [0.25, 0.3) is 0 Å². The number of halogens is 7. The van der Waals surface area contributed by atoms with E-state index in [0.717, 1.165) is 6.54 Å². The van der Waals surface area contributed by atoms with Crippen molar-refractivity contribution < 1.29 is 45.0 Å². The van der Waals surface area contributed by atoms with Gasteiger partial charge in [-0.3, -0.25) is 9.69 Å². The van der Waals surface area contributed by atoms with Gasteiger partial charge in [-0.05, 0) is 67.3 Å². The molecule has 0 saturated carbocycles. The summed E-state index contributed by atoms with van der Waals surface area (Å²) in [4.78, 5) is 16.6. The average molecular weight is 577 g/mol. The first-order chi connectivity index (χ1) is 18.8. The highest BCUT2D eigenvalue weighted by atomic mass is 19.4. The summed E-state index contributed by atoms with van der Waals surface area (Å²) >= 11 is 0. The number of nitrogens with zero attached hydrogens (tertiary/aromatic N) is 2. The van der Waals surface area contributed by atoms with Gasteiger partial charge in [0, 0.05) is 25.6 Å². The maximum Gasteiger partial charge on any atom is 0.416 e. The molecule has 4 rings (SSSR count). The molecule has 2 aliphatic rings. The molecule has 4 atom stereocenters. The molecule has 40 heavy (non-hydrogen) atoms. The van der Waals surface area contributed by atoms with Crippen molar-refractivity contribution in [1.82, 2.24) is 9.80 Å². The highest BCUT2D eigenvalue weighted by Crippen LogP contribution is 2.42. The molecule has 2 aromatic carbocycles. The van der Waals surface area contributed by atoms with E-state index in [0.29, 0.717) is 43.8 Å². The first-order valence-electron chi connectivity index (χ1n) is 13.1. The highest BCUT2D eigenvalue weighted by molar-refractivity contribution is 5.79. The second-order valence-corrected chi connectivity index (χ2v) is 10.2. The van der Waals surface area contributed by atoms with E-state index < -0.39 is 47.6 Å². The smallest absolute Gasteiger partial charge is 0.352 e. The zero-order chi connectivity index (χ0) is 29.2. The van der Waals surface area contributed by atoms with Crippen molar-refractivity contribution in [3.63, 3.8) is 0 Å². The lowest BCUT2D eigenvalue weighted by molar-refractivity contribution is -0.211. The van der Waals surface area contributed by atoms with Crippen LogP contribution < -0.4 is 0 Å². The fourth-order valence-electron chi connectivity index (χ4n) is 5.28. The van der Waals surface area contributed by atoms with Gasteiger partial charge >= 0.3 is 12.4 Å². The Morgan fingerprint density at radius 1 is 1.00 bits per heavy atom. The number of hydrogen-bond donors (Lipinski definition) is 0. The molecule has 2 aromatic rings. The predicted octanol–water partition coefficient (Wildman–Crippen LogP) is 6.25. The van der Waals surface area contributed by atoms with E-state index >= 15 is 0 Å². The second kappa shape index (κ2) is 12.0. The van der Waals surface area contributed by atoms with Crippen LogP contribution in [0.15, 0.2) is 42.5 Å². The SMILES string of the molecule is CCN1CCN(C[C@@H]2CCO[C@H](O[C@H](C)c3cc(C(F)(F)F)cc(C(F)(F)F)c3)[C@H]2c2ccc(F)cc2)C(=O)C1. The van der Waals surface area contributed by atoms with Crippen molar-refractivity contribution in [3.05, 3.63) is 70.5 Å². The van der Waals surface area contributed by atoms with Gasteiger partial charge in [-0.2, -0.15) is 26.3 Å². The first kappa shape index (κ1) is 30.3. The Labute approximate surface area is 227 Å². The Morgan fingerprint density at radius 3 is 2.17 bits per heavy atom. The molecule has 2 heterocycles. The molecule has 0 spiro atoms. The number of likely N-dealkylation sites (N-methyl/N-ethyl adjacent to an activating group) is 1. The lowest BCUT2D eigenvalue weighted by atomic mass is 9.81. The third kappa shape index (κ3) is 7.13. The molecule has 1 amide bonds.